The monoisotopic (exact) mass is 545 g/mol. The summed E-state index contributed by atoms with van der Waals surface area (Å²) in [5.41, 5.74) is 1.07. The Morgan fingerprint density at radius 2 is 1.85 bits per heavy atom. The standard InChI is InChI=1S/C31H35N3O6/c1-4-18-39-24-11-8-22(9-12-24)29(35)27-28(23-10-13-25(40-19-5-2)26(20-23)38-6-3)34(31(37)30(27)36)16-7-15-33-17-14-32-21-33/h5,8-14,17,20-21,28,35H,2,4,6-7,15-16,18-19H2,1,3H3. The molecule has 0 aliphatic carbocycles. The number of carbonyl (C=O) groups is 2. The minimum absolute atomic E-state index is 0.0251. The zero-order valence-electron chi connectivity index (χ0n) is 22.9. The fraction of sp³-hybridized carbons (Fsp3) is 0.323. The number of ether oxygens (including phenoxy) is 3. The minimum atomic E-state index is -0.813. The van der Waals surface area contributed by atoms with E-state index in [1.807, 2.05) is 24.6 Å². The highest BCUT2D eigenvalue weighted by atomic mass is 16.5. The number of aliphatic hydroxyl groups is 1. The maximum Gasteiger partial charge on any atom is 0.295 e. The largest absolute Gasteiger partial charge is 0.507 e. The molecule has 0 saturated carbocycles. The first-order valence-electron chi connectivity index (χ1n) is 13.5. The van der Waals surface area contributed by atoms with Crippen LogP contribution in [0.15, 0.2) is 79.4 Å². The molecule has 9 heteroatoms. The molecule has 0 spiro atoms. The molecule has 3 aromatic rings. The van der Waals surface area contributed by atoms with Gasteiger partial charge in [-0.05, 0) is 61.7 Å². The quantitative estimate of drug-likeness (QED) is 0.129. The molecule has 1 atom stereocenters. The maximum atomic E-state index is 13.4. The van der Waals surface area contributed by atoms with Crippen molar-refractivity contribution in [3.05, 3.63) is 90.5 Å². The van der Waals surface area contributed by atoms with Crippen LogP contribution in [-0.2, 0) is 16.1 Å². The van der Waals surface area contributed by atoms with E-state index >= 15 is 0 Å². The average Bonchev–Trinajstić information content (AvgIpc) is 3.58. The van der Waals surface area contributed by atoms with E-state index < -0.39 is 17.7 Å². The fourth-order valence-electron chi connectivity index (χ4n) is 4.62. The van der Waals surface area contributed by atoms with E-state index in [2.05, 4.69) is 11.6 Å². The van der Waals surface area contributed by atoms with E-state index in [-0.39, 0.29) is 11.3 Å². The molecule has 1 fully saturated rings. The summed E-state index contributed by atoms with van der Waals surface area (Å²) in [5.74, 6) is 0.0127. The number of aromatic nitrogens is 2. The Hall–Kier alpha value is -4.53. The summed E-state index contributed by atoms with van der Waals surface area (Å²) in [6.45, 7) is 9.75. The number of ketones is 1. The molecule has 1 aliphatic heterocycles. The van der Waals surface area contributed by atoms with Crippen LogP contribution in [0.25, 0.3) is 5.76 Å². The fourth-order valence-corrected chi connectivity index (χ4v) is 4.62. The summed E-state index contributed by atoms with van der Waals surface area (Å²) in [6.07, 6.45) is 8.33. The van der Waals surface area contributed by atoms with Crippen molar-refractivity contribution in [1.29, 1.82) is 0 Å². The minimum Gasteiger partial charge on any atom is -0.507 e. The second-order valence-corrected chi connectivity index (χ2v) is 9.26. The molecule has 4 rings (SSSR count). The number of imidazole rings is 1. The number of likely N-dealkylation sites (tertiary alicyclic amines) is 1. The molecule has 1 amide bonds. The second-order valence-electron chi connectivity index (χ2n) is 9.26. The molecule has 2 aromatic carbocycles. The van der Waals surface area contributed by atoms with Gasteiger partial charge in [0.1, 0.15) is 18.1 Å². The van der Waals surface area contributed by atoms with Crippen LogP contribution in [0, 0.1) is 0 Å². The molecule has 1 aromatic heterocycles. The zero-order valence-corrected chi connectivity index (χ0v) is 22.9. The van der Waals surface area contributed by atoms with Gasteiger partial charge in [-0.2, -0.15) is 0 Å². The highest BCUT2D eigenvalue weighted by Gasteiger charge is 2.46. The SMILES string of the molecule is C=CCOc1ccc(C2C(=C(O)c3ccc(OCCC)cc3)C(=O)C(=O)N2CCCn2ccnc2)cc1OCC. The van der Waals surface area contributed by atoms with Crippen molar-refractivity contribution in [2.45, 2.75) is 39.3 Å². The summed E-state index contributed by atoms with van der Waals surface area (Å²) < 4.78 is 19.1. The third-order valence-electron chi connectivity index (χ3n) is 6.46. The summed E-state index contributed by atoms with van der Waals surface area (Å²) in [7, 11) is 0. The predicted molar refractivity (Wildman–Crippen MR) is 151 cm³/mol. The number of rotatable bonds is 14. The van der Waals surface area contributed by atoms with Crippen LogP contribution in [0.3, 0.4) is 0 Å². The number of hydrogen-bond acceptors (Lipinski definition) is 7. The Morgan fingerprint density at radius 1 is 1.05 bits per heavy atom. The van der Waals surface area contributed by atoms with Crippen LogP contribution >= 0.6 is 0 Å². The summed E-state index contributed by atoms with van der Waals surface area (Å²) in [4.78, 5) is 32.3. The van der Waals surface area contributed by atoms with E-state index in [0.29, 0.717) is 67.7 Å². The first kappa shape index (κ1) is 28.5. The van der Waals surface area contributed by atoms with Gasteiger partial charge in [-0.15, -0.1) is 0 Å². The summed E-state index contributed by atoms with van der Waals surface area (Å²) >= 11 is 0. The van der Waals surface area contributed by atoms with E-state index in [1.165, 1.54) is 4.90 Å². The van der Waals surface area contributed by atoms with Crippen molar-refractivity contribution in [2.75, 3.05) is 26.4 Å². The topological polar surface area (TPSA) is 103 Å². The van der Waals surface area contributed by atoms with Gasteiger partial charge in [0.15, 0.2) is 11.5 Å². The molecule has 0 bridgehead atoms. The first-order chi connectivity index (χ1) is 19.5. The molecule has 1 aliphatic rings. The van der Waals surface area contributed by atoms with Crippen molar-refractivity contribution in [1.82, 2.24) is 14.5 Å². The number of Topliss-reactive ketones (excluding diaryl/α,β-unsaturated/α-hetero) is 1. The molecule has 1 saturated heterocycles. The van der Waals surface area contributed by atoms with Gasteiger partial charge in [0, 0.05) is 31.0 Å². The summed E-state index contributed by atoms with van der Waals surface area (Å²) in [5, 5.41) is 11.4. The zero-order chi connectivity index (χ0) is 28.5. The number of aryl methyl sites for hydroxylation is 1. The van der Waals surface area contributed by atoms with E-state index in [9.17, 15) is 14.7 Å². The Morgan fingerprint density at radius 3 is 2.52 bits per heavy atom. The lowest BCUT2D eigenvalue weighted by molar-refractivity contribution is -0.139. The van der Waals surface area contributed by atoms with Gasteiger partial charge in [0.25, 0.3) is 11.7 Å². The number of nitrogens with zero attached hydrogens (tertiary/aromatic N) is 3. The Labute approximate surface area is 234 Å². The van der Waals surface area contributed by atoms with Crippen molar-refractivity contribution >= 4 is 17.4 Å². The van der Waals surface area contributed by atoms with Gasteiger partial charge < -0.3 is 28.8 Å². The van der Waals surface area contributed by atoms with Crippen molar-refractivity contribution < 1.29 is 28.9 Å². The molecule has 40 heavy (non-hydrogen) atoms. The lowest BCUT2D eigenvalue weighted by Gasteiger charge is -2.26. The lowest BCUT2D eigenvalue weighted by atomic mass is 9.95. The van der Waals surface area contributed by atoms with Crippen molar-refractivity contribution in [3.63, 3.8) is 0 Å². The molecule has 0 radical (unpaired) electrons. The van der Waals surface area contributed by atoms with Gasteiger partial charge in [-0.25, -0.2) is 4.98 Å². The number of hydrogen-bond donors (Lipinski definition) is 1. The van der Waals surface area contributed by atoms with Gasteiger partial charge in [-0.1, -0.05) is 25.6 Å². The van der Waals surface area contributed by atoms with Crippen molar-refractivity contribution in [2.24, 2.45) is 0 Å². The predicted octanol–water partition coefficient (Wildman–Crippen LogP) is 5.15. The highest BCUT2D eigenvalue weighted by molar-refractivity contribution is 6.46. The Kier molecular flexibility index (Phi) is 9.62. The summed E-state index contributed by atoms with van der Waals surface area (Å²) in [6, 6.07) is 11.3. The van der Waals surface area contributed by atoms with Crippen LogP contribution in [0.4, 0.5) is 0 Å². The second kappa shape index (κ2) is 13.5. The molecule has 9 nitrogen and oxygen atoms in total. The normalized spacial score (nSPS) is 16.2. The lowest BCUT2D eigenvalue weighted by Crippen LogP contribution is -2.31. The third-order valence-corrected chi connectivity index (χ3v) is 6.46. The van der Waals surface area contributed by atoms with E-state index in [0.717, 1.165) is 6.42 Å². The maximum absolute atomic E-state index is 13.4. The Balaban J connectivity index is 1.74. The van der Waals surface area contributed by atoms with E-state index in [1.54, 1.807) is 61.1 Å². The molecule has 1 unspecified atom stereocenters. The van der Waals surface area contributed by atoms with Gasteiger partial charge in [-0.3, -0.25) is 9.59 Å². The molecular weight excluding hydrogens is 510 g/mol. The van der Waals surface area contributed by atoms with Crippen LogP contribution in [-0.4, -0.2) is 57.6 Å². The number of carbonyl (C=O) groups excluding carboxylic acids is 2. The third kappa shape index (κ3) is 6.36. The van der Waals surface area contributed by atoms with Crippen LogP contribution in [0.2, 0.25) is 0 Å². The Bertz CT molecular complexity index is 1350. The number of aliphatic hydroxyl groups excluding tert-OH is 1. The molecule has 1 N–H and O–H groups in total. The average molecular weight is 546 g/mol. The van der Waals surface area contributed by atoms with E-state index in [4.69, 9.17) is 14.2 Å². The van der Waals surface area contributed by atoms with Crippen LogP contribution < -0.4 is 14.2 Å². The first-order valence-corrected chi connectivity index (χ1v) is 13.5. The van der Waals surface area contributed by atoms with Gasteiger partial charge in [0.05, 0.1) is 31.2 Å². The number of benzene rings is 2. The van der Waals surface area contributed by atoms with Gasteiger partial charge in [0.2, 0.25) is 0 Å². The number of amides is 1. The molecule has 210 valence electrons. The molecule has 2 heterocycles. The highest BCUT2D eigenvalue weighted by Crippen LogP contribution is 2.42. The van der Waals surface area contributed by atoms with Gasteiger partial charge >= 0.3 is 0 Å². The smallest absolute Gasteiger partial charge is 0.295 e. The molecular formula is C31H35N3O6. The van der Waals surface area contributed by atoms with Crippen LogP contribution in [0.1, 0.15) is 43.9 Å². The van der Waals surface area contributed by atoms with Crippen molar-refractivity contribution in [3.8, 4) is 17.2 Å². The van der Waals surface area contributed by atoms with Crippen LogP contribution in [0.5, 0.6) is 17.2 Å².